The van der Waals surface area contributed by atoms with Gasteiger partial charge in [0.05, 0.1) is 64.8 Å². The van der Waals surface area contributed by atoms with Crippen molar-refractivity contribution in [3.8, 4) is 91.1 Å². The van der Waals surface area contributed by atoms with E-state index in [0.717, 1.165) is 99.4 Å². The maximum Gasteiger partial charge on any atom is 0.189 e. The molecule has 0 aliphatic carbocycles. The molecule has 0 unspecified atom stereocenters. The number of hydrogen-bond acceptors (Lipinski definition) is 5. The van der Waals surface area contributed by atoms with E-state index in [4.69, 9.17) is 34.7 Å². The first kappa shape index (κ1) is 46.1. The fourth-order valence-electron chi connectivity index (χ4n) is 10.7. The summed E-state index contributed by atoms with van der Waals surface area (Å²) in [7, 11) is 0. The molecule has 0 spiro atoms. The van der Waals surface area contributed by atoms with Crippen LogP contribution in [0.25, 0.3) is 137 Å². The molecule has 0 amide bonds. The molecular formula is C68H36N10. The minimum atomic E-state index is 0.389. The smallest absolute Gasteiger partial charge is 0.189 e. The van der Waals surface area contributed by atoms with Gasteiger partial charge < -0.3 is 9.13 Å². The van der Waals surface area contributed by atoms with Crippen molar-refractivity contribution in [3.63, 3.8) is 0 Å². The van der Waals surface area contributed by atoms with Crippen LogP contribution >= 0.6 is 0 Å². The number of hydrogen-bond donors (Lipinski definition) is 0. The molecule has 0 N–H and O–H groups in total. The zero-order valence-corrected chi connectivity index (χ0v) is 41.3. The molecule has 0 radical (unpaired) electrons. The Kier molecular flexibility index (Phi) is 11.2. The molecule has 13 aromatic rings. The fraction of sp³-hybridized carbons (Fsp3) is 0. The maximum atomic E-state index is 11.4. The van der Waals surface area contributed by atoms with Crippen molar-refractivity contribution in [2.75, 3.05) is 0 Å². The van der Waals surface area contributed by atoms with Crippen molar-refractivity contribution in [2.45, 2.75) is 0 Å². The van der Waals surface area contributed by atoms with E-state index in [9.17, 15) is 10.5 Å². The van der Waals surface area contributed by atoms with Crippen molar-refractivity contribution in [2.24, 2.45) is 0 Å². The molecule has 3 aromatic heterocycles. The van der Waals surface area contributed by atoms with Crippen LogP contribution in [0.1, 0.15) is 11.1 Å². The van der Waals surface area contributed by atoms with Gasteiger partial charge in [-0.15, -0.1) is 0 Å². The van der Waals surface area contributed by atoms with Gasteiger partial charge >= 0.3 is 0 Å². The summed E-state index contributed by atoms with van der Waals surface area (Å²) >= 11 is 0. The highest BCUT2D eigenvalue weighted by Crippen LogP contribution is 2.43. The Morgan fingerprint density at radius 1 is 0.333 bits per heavy atom. The fourth-order valence-corrected chi connectivity index (χ4v) is 10.7. The highest BCUT2D eigenvalue weighted by Gasteiger charge is 2.24. The topological polar surface area (TPSA) is 109 Å². The third-order valence-corrected chi connectivity index (χ3v) is 14.2. The zero-order valence-electron chi connectivity index (χ0n) is 41.3. The van der Waals surface area contributed by atoms with Gasteiger partial charge in [0, 0.05) is 49.4 Å². The van der Waals surface area contributed by atoms with E-state index in [1.54, 1.807) is 12.1 Å². The highest BCUT2D eigenvalue weighted by molar-refractivity contribution is 6.12. The third kappa shape index (κ3) is 7.83. The summed E-state index contributed by atoms with van der Waals surface area (Å²) in [6.45, 7) is 23.1. The van der Waals surface area contributed by atoms with E-state index in [-0.39, 0.29) is 0 Å². The third-order valence-electron chi connectivity index (χ3n) is 14.2. The van der Waals surface area contributed by atoms with Crippen LogP contribution in [0.15, 0.2) is 218 Å². The molecular weight excluding hydrogens is 957 g/mol. The number of rotatable bonds is 8. The Morgan fingerprint density at radius 2 is 0.821 bits per heavy atom. The lowest BCUT2D eigenvalue weighted by atomic mass is 9.96. The van der Waals surface area contributed by atoms with Crippen molar-refractivity contribution in [1.29, 1.82) is 10.5 Å². The molecule has 10 aromatic carbocycles. The van der Waals surface area contributed by atoms with E-state index in [1.807, 2.05) is 158 Å². The lowest BCUT2D eigenvalue weighted by Gasteiger charge is -2.18. The minimum absolute atomic E-state index is 0.389. The van der Waals surface area contributed by atoms with Crippen LogP contribution in [-0.2, 0) is 0 Å². The molecule has 0 atom stereocenters. The highest BCUT2D eigenvalue weighted by atomic mass is 15.1. The number of nitrogens with zero attached hydrogens (tertiary/aromatic N) is 10. The summed E-state index contributed by atoms with van der Waals surface area (Å²) in [5.74, 6) is 1.49. The first-order chi connectivity index (χ1) is 38.4. The second-order valence-electron chi connectivity index (χ2n) is 18.7. The number of fused-ring (bicyclic) bond motifs is 6. The average molecular weight is 993 g/mol. The Hall–Kier alpha value is -11.7. The molecule has 0 saturated carbocycles. The molecule has 0 bridgehead atoms. The average Bonchev–Trinajstić information content (AvgIpc) is 4.03. The summed E-state index contributed by atoms with van der Waals surface area (Å²) in [5.41, 5.74) is 14.3. The second kappa shape index (κ2) is 18.9. The molecule has 0 fully saturated rings. The van der Waals surface area contributed by atoms with E-state index < -0.39 is 0 Å². The van der Waals surface area contributed by atoms with Crippen molar-refractivity contribution < 1.29 is 0 Å². The SMILES string of the molecule is [C-]#[N+]c1cc(C#N)cc(-c2ccc3c(c2)c2ccccc2n3-c2cc(-c3cccc(-n4c5ccccc5c5cc(-c6cc([N+]#[C-])cc([N+]#[C-])c6)ccc54)c3C#N)ccc2-c2nc(-c3ccccc3)nc(-c3ccccc3)n2)c1. The predicted octanol–water partition coefficient (Wildman–Crippen LogP) is 17.5. The molecule has 13 rings (SSSR count). The summed E-state index contributed by atoms with van der Waals surface area (Å²) in [6.07, 6.45) is 0. The molecule has 3 heterocycles. The summed E-state index contributed by atoms with van der Waals surface area (Å²) in [5, 5.41) is 25.2. The summed E-state index contributed by atoms with van der Waals surface area (Å²) in [4.78, 5) is 26.4. The van der Waals surface area contributed by atoms with Gasteiger partial charge in [0.2, 0.25) is 0 Å². The van der Waals surface area contributed by atoms with Gasteiger partial charge in [-0.3, -0.25) is 0 Å². The molecule has 10 nitrogen and oxygen atoms in total. The number of benzene rings is 10. The molecule has 78 heavy (non-hydrogen) atoms. The van der Waals surface area contributed by atoms with Crippen molar-refractivity contribution in [3.05, 3.63) is 264 Å². The summed E-state index contributed by atoms with van der Waals surface area (Å²) in [6, 6.07) is 76.0. The largest absolute Gasteiger partial charge is 0.308 e. The van der Waals surface area contributed by atoms with E-state index in [1.165, 1.54) is 0 Å². The Labute approximate surface area is 448 Å². The van der Waals surface area contributed by atoms with Crippen molar-refractivity contribution >= 4 is 60.7 Å². The number of nitriles is 2. The molecule has 0 saturated heterocycles. The van der Waals surface area contributed by atoms with Crippen molar-refractivity contribution in [1.82, 2.24) is 24.1 Å². The minimum Gasteiger partial charge on any atom is -0.308 e. The lowest BCUT2D eigenvalue weighted by Crippen LogP contribution is -2.04. The van der Waals surface area contributed by atoms with Crippen LogP contribution in [0.2, 0.25) is 0 Å². The van der Waals surface area contributed by atoms with Crippen LogP contribution in [0.4, 0.5) is 17.1 Å². The first-order valence-corrected chi connectivity index (χ1v) is 24.9. The maximum absolute atomic E-state index is 11.4. The quantitative estimate of drug-likeness (QED) is 0.141. The van der Waals surface area contributed by atoms with Gasteiger partial charge in [-0.25, -0.2) is 29.5 Å². The molecule has 358 valence electrons. The monoisotopic (exact) mass is 992 g/mol. The number of para-hydroxylation sites is 2. The first-order valence-electron chi connectivity index (χ1n) is 24.9. The van der Waals surface area contributed by atoms with Crippen LogP contribution in [0, 0.1) is 42.4 Å². The Morgan fingerprint density at radius 3 is 1.37 bits per heavy atom. The Balaban J connectivity index is 1.05. The van der Waals surface area contributed by atoms with Gasteiger partial charge in [0.15, 0.2) is 34.5 Å². The van der Waals surface area contributed by atoms with Crippen LogP contribution < -0.4 is 0 Å². The lowest BCUT2D eigenvalue weighted by molar-refractivity contribution is 1.06. The molecule has 10 heteroatoms. The van der Waals surface area contributed by atoms with E-state index in [0.29, 0.717) is 51.3 Å². The normalized spacial score (nSPS) is 11.0. The van der Waals surface area contributed by atoms with Gasteiger partial charge in [-0.05, 0) is 101 Å². The van der Waals surface area contributed by atoms with Crippen LogP contribution in [-0.4, -0.2) is 24.1 Å². The van der Waals surface area contributed by atoms with Crippen LogP contribution in [0.3, 0.4) is 0 Å². The molecule has 0 aliphatic heterocycles. The van der Waals surface area contributed by atoms with Gasteiger partial charge in [-0.2, -0.15) is 10.5 Å². The van der Waals surface area contributed by atoms with E-state index in [2.05, 4.69) is 84.3 Å². The van der Waals surface area contributed by atoms with Gasteiger partial charge in [0.25, 0.3) is 0 Å². The predicted molar refractivity (Wildman–Crippen MR) is 309 cm³/mol. The Bertz CT molecular complexity index is 4740. The standard InChI is InChI=1S/C68H36N10/c1-71-50-32-42(40-69)31-48(33-50)45-26-30-64-58(36-45)55-20-11-13-23-61(55)78(64)65-38-47(25-28-56(65)68-75-66(43-15-6-4-7-16-43)74-67(76-68)44-17-8-5-9-18-44)53-21-14-24-62(59(53)41-70)77-60-22-12-10-19-54(60)57-37-46(27-29-63(57)77)49-34-51(72-2)39-52(35-49)73-3/h4-39H. The zero-order chi connectivity index (χ0) is 52.9. The summed E-state index contributed by atoms with van der Waals surface area (Å²) < 4.78 is 4.37. The van der Waals surface area contributed by atoms with Gasteiger partial charge in [-0.1, -0.05) is 146 Å². The van der Waals surface area contributed by atoms with Gasteiger partial charge in [0.1, 0.15) is 6.07 Å². The second-order valence-corrected chi connectivity index (χ2v) is 18.7. The molecule has 0 aliphatic rings. The number of aromatic nitrogens is 5. The van der Waals surface area contributed by atoms with E-state index >= 15 is 0 Å². The van der Waals surface area contributed by atoms with Crippen LogP contribution in [0.5, 0.6) is 0 Å².